The third kappa shape index (κ3) is 6.63. The molecule has 7 heteroatoms. The number of nitro benzene ring substituents is 1. The second-order valence-electron chi connectivity index (χ2n) is 8.33. The minimum absolute atomic E-state index is 0.0251. The first-order valence-corrected chi connectivity index (χ1v) is 10.8. The summed E-state index contributed by atoms with van der Waals surface area (Å²) < 4.78 is 11.2. The van der Waals surface area contributed by atoms with Gasteiger partial charge in [-0.2, -0.15) is 0 Å². The van der Waals surface area contributed by atoms with Gasteiger partial charge in [-0.05, 0) is 41.2 Å². The number of rotatable bonds is 10. The Morgan fingerprint density at radius 1 is 1.03 bits per heavy atom. The molecule has 0 saturated carbocycles. The Morgan fingerprint density at radius 2 is 1.73 bits per heavy atom. The molecule has 0 saturated heterocycles. The summed E-state index contributed by atoms with van der Waals surface area (Å²) in [6, 6.07) is 21.2. The van der Waals surface area contributed by atoms with Gasteiger partial charge in [0.25, 0.3) is 0 Å². The van der Waals surface area contributed by atoms with Crippen molar-refractivity contribution < 1.29 is 19.2 Å². The highest BCUT2D eigenvalue weighted by atomic mass is 16.6. The molecule has 3 aromatic carbocycles. The fourth-order valence-electron chi connectivity index (χ4n) is 3.16. The first-order chi connectivity index (χ1) is 15.8. The van der Waals surface area contributed by atoms with Crippen LogP contribution in [-0.2, 0) is 21.6 Å². The van der Waals surface area contributed by atoms with E-state index in [0.717, 1.165) is 17.5 Å². The summed E-state index contributed by atoms with van der Waals surface area (Å²) in [5.41, 5.74) is 2.34. The van der Waals surface area contributed by atoms with Crippen LogP contribution in [0.25, 0.3) is 0 Å². The molecule has 172 valence electrons. The highest BCUT2D eigenvalue weighted by Crippen LogP contribution is 2.35. The van der Waals surface area contributed by atoms with E-state index in [1.54, 1.807) is 12.1 Å². The van der Waals surface area contributed by atoms with E-state index in [4.69, 9.17) is 9.47 Å². The summed E-state index contributed by atoms with van der Waals surface area (Å²) in [5.74, 6) is 0.158. The van der Waals surface area contributed by atoms with Gasteiger partial charge in [0.2, 0.25) is 11.7 Å². The molecule has 0 bridgehead atoms. The number of amides is 1. The maximum absolute atomic E-state index is 12.2. The Kier molecular flexibility index (Phi) is 7.79. The number of carbonyl (C=O) groups is 1. The molecule has 0 aliphatic carbocycles. The molecule has 0 heterocycles. The first-order valence-electron chi connectivity index (χ1n) is 10.8. The van der Waals surface area contributed by atoms with Gasteiger partial charge in [-0.15, -0.1) is 0 Å². The van der Waals surface area contributed by atoms with Gasteiger partial charge in [0.15, 0.2) is 0 Å². The highest BCUT2D eigenvalue weighted by Gasteiger charge is 2.20. The average Bonchev–Trinajstić information content (AvgIpc) is 2.80. The number of ether oxygens (including phenoxy) is 2. The lowest BCUT2D eigenvalue weighted by atomic mass is 9.82. The Labute approximate surface area is 193 Å². The molecule has 1 N–H and O–H groups in total. The minimum Gasteiger partial charge on any atom is -0.450 e. The molecule has 3 aromatic rings. The van der Waals surface area contributed by atoms with Crippen molar-refractivity contribution in [3.63, 3.8) is 0 Å². The topological polar surface area (TPSA) is 90.7 Å². The van der Waals surface area contributed by atoms with E-state index < -0.39 is 4.92 Å². The van der Waals surface area contributed by atoms with Crippen LogP contribution in [0.2, 0.25) is 0 Å². The van der Waals surface area contributed by atoms with Crippen molar-refractivity contribution in [2.45, 2.75) is 39.2 Å². The second kappa shape index (κ2) is 10.7. The summed E-state index contributed by atoms with van der Waals surface area (Å²) in [5, 5.41) is 14.2. The molecule has 0 aliphatic heterocycles. The largest absolute Gasteiger partial charge is 0.450 e. The molecule has 0 radical (unpaired) electrons. The predicted octanol–water partition coefficient (Wildman–Crippen LogP) is 6.23. The van der Waals surface area contributed by atoms with Gasteiger partial charge < -0.3 is 14.8 Å². The van der Waals surface area contributed by atoms with E-state index >= 15 is 0 Å². The van der Waals surface area contributed by atoms with Gasteiger partial charge in [0.1, 0.15) is 12.4 Å². The third-order valence-corrected chi connectivity index (χ3v) is 5.53. The minimum atomic E-state index is -0.515. The molecule has 0 atom stereocenters. The predicted molar refractivity (Wildman–Crippen MR) is 128 cm³/mol. The number of hydrogen-bond donors (Lipinski definition) is 1. The molecular weight excluding hydrogens is 420 g/mol. The second-order valence-corrected chi connectivity index (χ2v) is 8.33. The number of carbonyl (C=O) groups excluding carboxylic acids is 1. The van der Waals surface area contributed by atoms with E-state index in [0.29, 0.717) is 18.0 Å². The average molecular weight is 449 g/mol. The number of anilines is 1. The van der Waals surface area contributed by atoms with Crippen LogP contribution < -0.4 is 10.1 Å². The normalized spacial score (nSPS) is 11.1. The maximum Gasteiger partial charge on any atom is 0.311 e. The van der Waals surface area contributed by atoms with E-state index in [-0.39, 0.29) is 29.4 Å². The third-order valence-electron chi connectivity index (χ3n) is 5.53. The number of nitro groups is 1. The number of benzene rings is 3. The highest BCUT2D eigenvalue weighted by molar-refractivity contribution is 5.92. The molecule has 3 rings (SSSR count). The van der Waals surface area contributed by atoms with Crippen molar-refractivity contribution >= 4 is 17.3 Å². The van der Waals surface area contributed by atoms with Gasteiger partial charge in [0.05, 0.1) is 11.5 Å². The van der Waals surface area contributed by atoms with Gasteiger partial charge in [-0.1, -0.05) is 63.2 Å². The van der Waals surface area contributed by atoms with Crippen molar-refractivity contribution in [3.8, 4) is 11.5 Å². The number of hydrogen-bond acceptors (Lipinski definition) is 5. The van der Waals surface area contributed by atoms with Crippen LogP contribution in [0.3, 0.4) is 0 Å². The maximum atomic E-state index is 12.2. The van der Waals surface area contributed by atoms with Crippen LogP contribution in [0.5, 0.6) is 11.5 Å². The molecule has 0 spiro atoms. The summed E-state index contributed by atoms with van der Waals surface area (Å²) in [6.07, 6.45) is 0.982. The van der Waals surface area contributed by atoms with Crippen molar-refractivity contribution in [2.24, 2.45) is 0 Å². The SMILES string of the molecule is CCC(C)(C)c1ccc(Oc2cc(NC(=O)COCc3ccccc3)ccc2[N+](=O)[O-])cc1. The van der Waals surface area contributed by atoms with E-state index in [9.17, 15) is 14.9 Å². The van der Waals surface area contributed by atoms with Crippen LogP contribution in [0.15, 0.2) is 72.8 Å². The van der Waals surface area contributed by atoms with Crippen LogP contribution >= 0.6 is 0 Å². The van der Waals surface area contributed by atoms with Gasteiger partial charge in [-0.25, -0.2) is 0 Å². The first kappa shape index (κ1) is 23.9. The van der Waals surface area contributed by atoms with Gasteiger partial charge >= 0.3 is 5.69 Å². The lowest BCUT2D eigenvalue weighted by Gasteiger charge is -2.23. The van der Waals surface area contributed by atoms with E-state index in [2.05, 4.69) is 26.1 Å². The van der Waals surface area contributed by atoms with E-state index in [1.807, 2.05) is 42.5 Å². The quantitative estimate of drug-likeness (QED) is 0.293. The fourth-order valence-corrected chi connectivity index (χ4v) is 3.16. The zero-order chi connectivity index (χ0) is 23.8. The lowest BCUT2D eigenvalue weighted by Crippen LogP contribution is -2.18. The van der Waals surface area contributed by atoms with Crippen molar-refractivity contribution in [1.82, 2.24) is 0 Å². The summed E-state index contributed by atoms with van der Waals surface area (Å²) >= 11 is 0. The van der Waals surface area contributed by atoms with Crippen molar-refractivity contribution in [3.05, 3.63) is 94.0 Å². The van der Waals surface area contributed by atoms with Crippen LogP contribution in [0.1, 0.15) is 38.3 Å². The van der Waals surface area contributed by atoms with Crippen molar-refractivity contribution in [1.29, 1.82) is 0 Å². The Bertz CT molecular complexity index is 1100. The van der Waals surface area contributed by atoms with Crippen LogP contribution in [0.4, 0.5) is 11.4 Å². The van der Waals surface area contributed by atoms with Crippen LogP contribution in [-0.4, -0.2) is 17.4 Å². The Morgan fingerprint density at radius 3 is 2.36 bits per heavy atom. The Hall–Kier alpha value is -3.71. The molecule has 0 aromatic heterocycles. The zero-order valence-electron chi connectivity index (χ0n) is 19.0. The smallest absolute Gasteiger partial charge is 0.311 e. The lowest BCUT2D eigenvalue weighted by molar-refractivity contribution is -0.385. The number of nitrogens with zero attached hydrogens (tertiary/aromatic N) is 1. The fraction of sp³-hybridized carbons (Fsp3) is 0.269. The molecule has 0 fully saturated rings. The van der Waals surface area contributed by atoms with Gasteiger partial charge in [0, 0.05) is 17.8 Å². The molecular formula is C26H28N2O5. The van der Waals surface area contributed by atoms with E-state index in [1.165, 1.54) is 18.2 Å². The monoisotopic (exact) mass is 448 g/mol. The zero-order valence-corrected chi connectivity index (χ0v) is 19.0. The molecule has 0 unspecified atom stereocenters. The summed E-state index contributed by atoms with van der Waals surface area (Å²) in [4.78, 5) is 23.2. The molecule has 33 heavy (non-hydrogen) atoms. The van der Waals surface area contributed by atoms with Crippen molar-refractivity contribution in [2.75, 3.05) is 11.9 Å². The van der Waals surface area contributed by atoms with Crippen LogP contribution in [0, 0.1) is 10.1 Å². The Balaban J connectivity index is 1.67. The summed E-state index contributed by atoms with van der Waals surface area (Å²) in [7, 11) is 0. The standard InChI is InChI=1S/C26H28N2O5/c1-4-26(2,3)20-10-13-22(14-11-20)33-24-16-21(12-15-23(24)28(30)31)27-25(29)18-32-17-19-8-6-5-7-9-19/h5-16H,4,17-18H2,1-3H3,(H,27,29). The molecule has 7 nitrogen and oxygen atoms in total. The number of nitrogens with one attached hydrogen (secondary N) is 1. The molecule has 0 aliphatic rings. The summed E-state index contributed by atoms with van der Waals surface area (Å²) in [6.45, 7) is 6.61. The molecule has 1 amide bonds. The van der Waals surface area contributed by atoms with Gasteiger partial charge in [-0.3, -0.25) is 14.9 Å².